The third-order valence-corrected chi connectivity index (χ3v) is 3.94. The average Bonchev–Trinajstić information content (AvgIpc) is 2.32. The molecule has 0 bridgehead atoms. The van der Waals surface area contributed by atoms with Crippen molar-refractivity contribution >= 4 is 11.8 Å². The van der Waals surface area contributed by atoms with Crippen molar-refractivity contribution in [3.63, 3.8) is 0 Å². The number of rotatable bonds is 9. The third-order valence-electron chi connectivity index (χ3n) is 2.91. The van der Waals surface area contributed by atoms with Crippen molar-refractivity contribution in [3.8, 4) is 0 Å². The van der Waals surface area contributed by atoms with E-state index in [0.29, 0.717) is 0 Å². The Balaban J connectivity index is 1.96. The summed E-state index contributed by atoms with van der Waals surface area (Å²) >= 11 is 2.02. The van der Waals surface area contributed by atoms with E-state index in [2.05, 4.69) is 50.4 Å². The van der Waals surface area contributed by atoms with Crippen LogP contribution in [0.4, 0.5) is 0 Å². The van der Waals surface area contributed by atoms with Crippen LogP contribution in [0.25, 0.3) is 0 Å². The summed E-state index contributed by atoms with van der Waals surface area (Å²) in [6.45, 7) is 9.04. The molecule has 1 N–H and O–H groups in total. The maximum atomic E-state index is 3.52. The van der Waals surface area contributed by atoms with Crippen LogP contribution in [-0.4, -0.2) is 18.8 Å². The lowest BCUT2D eigenvalue weighted by atomic mass is 10.1. The molecule has 1 nitrogen and oxygen atoms in total. The Morgan fingerprint density at radius 1 is 1.22 bits per heavy atom. The predicted octanol–water partition coefficient (Wildman–Crippen LogP) is 4.25. The molecule has 0 spiro atoms. The van der Waals surface area contributed by atoms with Gasteiger partial charge in [-0.1, -0.05) is 43.7 Å². The van der Waals surface area contributed by atoms with Gasteiger partial charge in [0.15, 0.2) is 0 Å². The van der Waals surface area contributed by atoms with Crippen molar-refractivity contribution in [1.29, 1.82) is 0 Å². The summed E-state index contributed by atoms with van der Waals surface area (Å²) in [6.07, 6.45) is 2.64. The molecule has 0 heterocycles. The topological polar surface area (TPSA) is 12.0 Å². The number of hydrogen-bond acceptors (Lipinski definition) is 2. The minimum atomic E-state index is 0.836. The Hall–Kier alpha value is -0.470. The van der Waals surface area contributed by atoms with Crippen molar-refractivity contribution in [2.75, 3.05) is 18.8 Å². The van der Waals surface area contributed by atoms with Crippen LogP contribution in [-0.2, 0) is 5.75 Å². The lowest BCUT2D eigenvalue weighted by molar-refractivity contribution is 0.534. The molecule has 0 aromatic heterocycles. The highest BCUT2D eigenvalue weighted by Crippen LogP contribution is 2.12. The highest BCUT2D eigenvalue weighted by molar-refractivity contribution is 7.98. The quantitative estimate of drug-likeness (QED) is 0.670. The van der Waals surface area contributed by atoms with E-state index in [1.54, 1.807) is 0 Å². The SMILES string of the molecule is Cc1cccc(CSCCNCCCC(C)C)c1. The Labute approximate surface area is 117 Å². The molecule has 0 aliphatic rings. The van der Waals surface area contributed by atoms with E-state index in [1.807, 2.05) is 11.8 Å². The van der Waals surface area contributed by atoms with Gasteiger partial charge in [-0.25, -0.2) is 0 Å². The van der Waals surface area contributed by atoms with Crippen LogP contribution in [0.5, 0.6) is 0 Å². The average molecular weight is 265 g/mol. The molecule has 0 aliphatic carbocycles. The Kier molecular flexibility index (Phi) is 8.19. The van der Waals surface area contributed by atoms with E-state index in [9.17, 15) is 0 Å². The lowest BCUT2D eigenvalue weighted by Gasteiger charge is -2.07. The zero-order chi connectivity index (χ0) is 13.2. The van der Waals surface area contributed by atoms with Crippen molar-refractivity contribution in [3.05, 3.63) is 35.4 Å². The highest BCUT2D eigenvalue weighted by atomic mass is 32.2. The molecule has 0 amide bonds. The summed E-state index contributed by atoms with van der Waals surface area (Å²) in [6, 6.07) is 8.80. The fourth-order valence-corrected chi connectivity index (χ4v) is 2.74. The number of aryl methyl sites for hydroxylation is 1. The molecule has 0 aliphatic heterocycles. The summed E-state index contributed by atoms with van der Waals surface area (Å²) in [5.74, 6) is 3.17. The van der Waals surface area contributed by atoms with Gasteiger partial charge in [0, 0.05) is 18.1 Å². The van der Waals surface area contributed by atoms with Gasteiger partial charge < -0.3 is 5.32 Å². The van der Waals surface area contributed by atoms with Gasteiger partial charge in [0.25, 0.3) is 0 Å². The van der Waals surface area contributed by atoms with Crippen molar-refractivity contribution in [2.24, 2.45) is 5.92 Å². The monoisotopic (exact) mass is 265 g/mol. The molecular formula is C16H27NS. The first-order valence-corrected chi connectivity index (χ1v) is 8.18. The summed E-state index contributed by atoms with van der Waals surface area (Å²) in [7, 11) is 0. The fraction of sp³-hybridized carbons (Fsp3) is 0.625. The van der Waals surface area contributed by atoms with E-state index in [0.717, 1.165) is 18.2 Å². The standard InChI is InChI=1S/C16H27NS/c1-14(2)6-5-9-17-10-11-18-13-16-8-4-7-15(3)12-16/h4,7-8,12,14,17H,5-6,9-11,13H2,1-3H3. The van der Waals surface area contributed by atoms with Gasteiger partial charge in [0.1, 0.15) is 0 Å². The Morgan fingerprint density at radius 2 is 2.06 bits per heavy atom. The van der Waals surface area contributed by atoms with Gasteiger partial charge in [-0.3, -0.25) is 0 Å². The molecule has 18 heavy (non-hydrogen) atoms. The number of thioether (sulfide) groups is 1. The minimum absolute atomic E-state index is 0.836. The largest absolute Gasteiger partial charge is 0.316 e. The molecule has 0 fully saturated rings. The van der Waals surface area contributed by atoms with Crippen LogP contribution in [0.1, 0.15) is 37.8 Å². The number of benzene rings is 1. The Bertz CT molecular complexity index is 323. The molecule has 0 radical (unpaired) electrons. The van der Waals surface area contributed by atoms with E-state index in [1.165, 1.54) is 36.3 Å². The van der Waals surface area contributed by atoms with E-state index < -0.39 is 0 Å². The first-order chi connectivity index (χ1) is 8.68. The molecule has 102 valence electrons. The fourth-order valence-electron chi connectivity index (χ4n) is 1.90. The maximum Gasteiger partial charge on any atom is 0.0185 e. The van der Waals surface area contributed by atoms with E-state index in [4.69, 9.17) is 0 Å². The molecule has 0 saturated carbocycles. The summed E-state index contributed by atoms with van der Waals surface area (Å²) in [4.78, 5) is 0. The summed E-state index contributed by atoms with van der Waals surface area (Å²) in [5.41, 5.74) is 2.81. The van der Waals surface area contributed by atoms with Crippen LogP contribution in [0.15, 0.2) is 24.3 Å². The van der Waals surface area contributed by atoms with Gasteiger partial charge in [-0.05, 0) is 37.8 Å². The number of nitrogens with one attached hydrogen (secondary N) is 1. The van der Waals surface area contributed by atoms with Gasteiger partial charge in [-0.2, -0.15) is 11.8 Å². The van der Waals surface area contributed by atoms with Crippen LogP contribution in [0.2, 0.25) is 0 Å². The lowest BCUT2D eigenvalue weighted by Crippen LogP contribution is -2.18. The molecule has 1 aromatic carbocycles. The first-order valence-electron chi connectivity index (χ1n) is 7.02. The zero-order valence-corrected chi connectivity index (χ0v) is 12.9. The predicted molar refractivity (Wildman–Crippen MR) is 84.3 cm³/mol. The smallest absolute Gasteiger partial charge is 0.0185 e. The van der Waals surface area contributed by atoms with Crippen molar-refractivity contribution in [1.82, 2.24) is 5.32 Å². The van der Waals surface area contributed by atoms with Crippen LogP contribution in [0.3, 0.4) is 0 Å². The second kappa shape index (κ2) is 9.46. The van der Waals surface area contributed by atoms with Crippen LogP contribution >= 0.6 is 11.8 Å². The van der Waals surface area contributed by atoms with Gasteiger partial charge in [-0.15, -0.1) is 0 Å². The number of hydrogen-bond donors (Lipinski definition) is 1. The molecule has 0 unspecified atom stereocenters. The summed E-state index contributed by atoms with van der Waals surface area (Å²) in [5, 5.41) is 3.52. The second-order valence-corrected chi connectivity index (χ2v) is 6.43. The molecule has 1 rings (SSSR count). The highest BCUT2D eigenvalue weighted by Gasteiger charge is 1.95. The van der Waals surface area contributed by atoms with Crippen LogP contribution in [0, 0.1) is 12.8 Å². The molecule has 2 heteroatoms. The van der Waals surface area contributed by atoms with Crippen molar-refractivity contribution < 1.29 is 0 Å². The maximum absolute atomic E-state index is 3.52. The van der Waals surface area contributed by atoms with Gasteiger partial charge >= 0.3 is 0 Å². The summed E-state index contributed by atoms with van der Waals surface area (Å²) < 4.78 is 0. The third kappa shape index (κ3) is 7.78. The van der Waals surface area contributed by atoms with Crippen molar-refractivity contribution in [2.45, 2.75) is 39.4 Å². The molecular weight excluding hydrogens is 238 g/mol. The van der Waals surface area contributed by atoms with E-state index >= 15 is 0 Å². The van der Waals surface area contributed by atoms with Gasteiger partial charge in [0.05, 0.1) is 0 Å². The molecule has 0 atom stereocenters. The normalized spacial score (nSPS) is 11.1. The minimum Gasteiger partial charge on any atom is -0.316 e. The zero-order valence-electron chi connectivity index (χ0n) is 12.0. The van der Waals surface area contributed by atoms with E-state index in [-0.39, 0.29) is 0 Å². The Morgan fingerprint density at radius 3 is 2.78 bits per heavy atom. The first kappa shape index (κ1) is 15.6. The van der Waals surface area contributed by atoms with Crippen LogP contribution < -0.4 is 5.32 Å². The van der Waals surface area contributed by atoms with Gasteiger partial charge in [0.2, 0.25) is 0 Å². The second-order valence-electron chi connectivity index (χ2n) is 5.33. The molecule has 0 saturated heterocycles. The molecule has 1 aromatic rings.